The van der Waals surface area contributed by atoms with Crippen molar-refractivity contribution in [2.45, 2.75) is 6.54 Å². The maximum atomic E-state index is 11.9. The van der Waals surface area contributed by atoms with Gasteiger partial charge in [-0.05, 0) is 24.3 Å². The number of amides is 1. The van der Waals surface area contributed by atoms with E-state index in [0.717, 1.165) is 11.0 Å². The molecule has 22 heavy (non-hydrogen) atoms. The third kappa shape index (κ3) is 2.93. The summed E-state index contributed by atoms with van der Waals surface area (Å²) in [6.07, 6.45) is 1.38. The number of nitrogens with one attached hydrogen (secondary N) is 1. The number of hydrogen-bond acceptors (Lipinski definition) is 5. The summed E-state index contributed by atoms with van der Waals surface area (Å²) in [5.41, 5.74) is 4.42. The SMILES string of the molecule is O=C(Cn1nnc2ccccc21)N/N=C/c1ccccc1O. The molecule has 2 N–H and O–H groups in total. The monoisotopic (exact) mass is 295 g/mol. The molecule has 0 aliphatic heterocycles. The molecule has 0 aliphatic rings. The number of carbonyl (C=O) groups is 1. The molecular weight excluding hydrogens is 282 g/mol. The van der Waals surface area contributed by atoms with E-state index >= 15 is 0 Å². The largest absolute Gasteiger partial charge is 0.507 e. The standard InChI is InChI=1S/C15H13N5O2/c21-14-8-4-1-5-11(14)9-16-18-15(22)10-20-13-7-3-2-6-12(13)17-19-20/h1-9,21H,10H2,(H,18,22)/b16-9+. The van der Waals surface area contributed by atoms with Gasteiger partial charge < -0.3 is 5.11 Å². The van der Waals surface area contributed by atoms with Gasteiger partial charge in [0, 0.05) is 5.56 Å². The Kier molecular flexibility index (Phi) is 3.78. The van der Waals surface area contributed by atoms with Crippen LogP contribution in [0.4, 0.5) is 0 Å². The highest BCUT2D eigenvalue weighted by Gasteiger charge is 2.07. The first-order valence-electron chi connectivity index (χ1n) is 6.62. The molecule has 0 atom stereocenters. The smallest absolute Gasteiger partial charge is 0.261 e. The second-order valence-corrected chi connectivity index (χ2v) is 4.59. The fourth-order valence-corrected chi connectivity index (χ4v) is 1.98. The van der Waals surface area contributed by atoms with E-state index in [9.17, 15) is 9.90 Å². The van der Waals surface area contributed by atoms with E-state index in [0.29, 0.717) is 5.56 Å². The van der Waals surface area contributed by atoms with Crippen LogP contribution in [0.25, 0.3) is 11.0 Å². The molecule has 2 aromatic carbocycles. The highest BCUT2D eigenvalue weighted by Crippen LogP contribution is 2.12. The van der Waals surface area contributed by atoms with Crippen molar-refractivity contribution in [3.63, 3.8) is 0 Å². The van der Waals surface area contributed by atoms with Crippen LogP contribution in [0.5, 0.6) is 5.75 Å². The second kappa shape index (κ2) is 6.04. The minimum atomic E-state index is -0.331. The fourth-order valence-electron chi connectivity index (χ4n) is 1.98. The molecule has 0 aliphatic carbocycles. The summed E-state index contributed by atoms with van der Waals surface area (Å²) in [5, 5.41) is 21.3. The lowest BCUT2D eigenvalue weighted by molar-refractivity contribution is -0.121. The van der Waals surface area contributed by atoms with Crippen molar-refractivity contribution >= 4 is 23.2 Å². The molecule has 7 nitrogen and oxygen atoms in total. The first kappa shape index (κ1) is 13.7. The molecule has 0 radical (unpaired) electrons. The first-order chi connectivity index (χ1) is 10.7. The summed E-state index contributed by atoms with van der Waals surface area (Å²) in [6, 6.07) is 14.1. The zero-order chi connectivity index (χ0) is 15.4. The molecule has 0 bridgehead atoms. The lowest BCUT2D eigenvalue weighted by atomic mass is 10.2. The third-order valence-electron chi connectivity index (χ3n) is 3.04. The normalized spacial score (nSPS) is 11.1. The number of rotatable bonds is 4. The average Bonchev–Trinajstić information content (AvgIpc) is 2.92. The molecular formula is C15H13N5O2. The maximum Gasteiger partial charge on any atom is 0.261 e. The summed E-state index contributed by atoms with van der Waals surface area (Å²) in [7, 11) is 0. The van der Waals surface area contributed by atoms with Crippen molar-refractivity contribution in [3.05, 3.63) is 54.1 Å². The van der Waals surface area contributed by atoms with Crippen molar-refractivity contribution < 1.29 is 9.90 Å². The minimum Gasteiger partial charge on any atom is -0.507 e. The Morgan fingerprint density at radius 1 is 1.23 bits per heavy atom. The van der Waals surface area contributed by atoms with Crippen LogP contribution < -0.4 is 5.43 Å². The summed E-state index contributed by atoms with van der Waals surface area (Å²) >= 11 is 0. The first-order valence-corrected chi connectivity index (χ1v) is 6.62. The van der Waals surface area contributed by atoms with Crippen LogP contribution in [0.15, 0.2) is 53.6 Å². The van der Waals surface area contributed by atoms with Crippen LogP contribution in [0, 0.1) is 0 Å². The van der Waals surface area contributed by atoms with E-state index < -0.39 is 0 Å². The van der Waals surface area contributed by atoms with Gasteiger partial charge in [0.1, 0.15) is 17.8 Å². The summed E-state index contributed by atoms with van der Waals surface area (Å²) in [4.78, 5) is 11.9. The number of phenolic OH excluding ortho intramolecular Hbond substituents is 1. The number of benzene rings is 2. The Hall–Kier alpha value is -3.22. The quantitative estimate of drug-likeness (QED) is 0.560. The highest BCUT2D eigenvalue weighted by molar-refractivity contribution is 5.85. The van der Waals surface area contributed by atoms with E-state index in [2.05, 4.69) is 20.8 Å². The number of para-hydroxylation sites is 2. The predicted octanol–water partition coefficient (Wildman–Crippen LogP) is 1.29. The molecule has 7 heteroatoms. The predicted molar refractivity (Wildman–Crippen MR) is 81.4 cm³/mol. The van der Waals surface area contributed by atoms with Crippen LogP contribution in [-0.2, 0) is 11.3 Å². The number of aromatic nitrogens is 3. The molecule has 3 aromatic rings. The highest BCUT2D eigenvalue weighted by atomic mass is 16.3. The van der Waals surface area contributed by atoms with Gasteiger partial charge in [0.15, 0.2) is 0 Å². The Morgan fingerprint density at radius 3 is 2.86 bits per heavy atom. The average molecular weight is 295 g/mol. The van der Waals surface area contributed by atoms with Gasteiger partial charge in [0.05, 0.1) is 11.7 Å². The second-order valence-electron chi connectivity index (χ2n) is 4.59. The molecule has 0 spiro atoms. The molecule has 110 valence electrons. The number of hydrogen-bond donors (Lipinski definition) is 2. The van der Waals surface area contributed by atoms with E-state index in [4.69, 9.17) is 0 Å². The number of phenols is 1. The number of hydrazone groups is 1. The molecule has 1 aromatic heterocycles. The van der Waals surface area contributed by atoms with Crippen LogP contribution >= 0.6 is 0 Å². The Labute approximate surface area is 125 Å². The van der Waals surface area contributed by atoms with Crippen molar-refractivity contribution in [1.29, 1.82) is 0 Å². The number of nitrogens with zero attached hydrogens (tertiary/aromatic N) is 4. The summed E-state index contributed by atoms with van der Waals surface area (Å²) < 4.78 is 1.50. The van der Waals surface area contributed by atoms with Crippen molar-refractivity contribution in [1.82, 2.24) is 20.4 Å². The van der Waals surface area contributed by atoms with Gasteiger partial charge in [0.2, 0.25) is 0 Å². The van der Waals surface area contributed by atoms with Gasteiger partial charge in [-0.15, -0.1) is 5.10 Å². The Balaban J connectivity index is 1.65. The van der Waals surface area contributed by atoms with Crippen LogP contribution in [0.1, 0.15) is 5.56 Å². The molecule has 1 amide bonds. The zero-order valence-corrected chi connectivity index (χ0v) is 11.5. The molecule has 0 unspecified atom stereocenters. The fraction of sp³-hybridized carbons (Fsp3) is 0.0667. The van der Waals surface area contributed by atoms with Crippen LogP contribution in [0.3, 0.4) is 0 Å². The van der Waals surface area contributed by atoms with Gasteiger partial charge in [-0.3, -0.25) is 4.79 Å². The van der Waals surface area contributed by atoms with Crippen molar-refractivity contribution in [2.24, 2.45) is 5.10 Å². The molecule has 0 saturated heterocycles. The van der Waals surface area contributed by atoms with E-state index in [-0.39, 0.29) is 18.2 Å². The van der Waals surface area contributed by atoms with Gasteiger partial charge in [0.25, 0.3) is 5.91 Å². The molecule has 1 heterocycles. The summed E-state index contributed by atoms with van der Waals surface area (Å²) in [6.45, 7) is 0.0125. The molecule has 3 rings (SSSR count). The van der Waals surface area contributed by atoms with E-state index in [1.165, 1.54) is 10.9 Å². The van der Waals surface area contributed by atoms with Gasteiger partial charge in [-0.2, -0.15) is 5.10 Å². The van der Waals surface area contributed by atoms with E-state index in [1.807, 2.05) is 24.3 Å². The topological polar surface area (TPSA) is 92.4 Å². The third-order valence-corrected chi connectivity index (χ3v) is 3.04. The molecule has 0 saturated carbocycles. The van der Waals surface area contributed by atoms with E-state index in [1.54, 1.807) is 24.3 Å². The zero-order valence-electron chi connectivity index (χ0n) is 11.5. The molecule has 0 fully saturated rings. The Morgan fingerprint density at radius 2 is 2.00 bits per heavy atom. The maximum absolute atomic E-state index is 11.9. The van der Waals surface area contributed by atoms with Gasteiger partial charge in [-0.25, -0.2) is 10.1 Å². The lowest BCUT2D eigenvalue weighted by Crippen LogP contribution is -2.23. The number of fused-ring (bicyclic) bond motifs is 1. The summed E-state index contributed by atoms with van der Waals surface area (Å²) in [5.74, 6) is -0.231. The Bertz CT molecular complexity index is 841. The van der Waals surface area contributed by atoms with Crippen molar-refractivity contribution in [3.8, 4) is 5.75 Å². The van der Waals surface area contributed by atoms with Crippen molar-refractivity contribution in [2.75, 3.05) is 0 Å². The van der Waals surface area contributed by atoms with Crippen LogP contribution in [0.2, 0.25) is 0 Å². The van der Waals surface area contributed by atoms with Gasteiger partial charge >= 0.3 is 0 Å². The number of aromatic hydroxyl groups is 1. The van der Waals surface area contributed by atoms with Crippen LogP contribution in [-0.4, -0.2) is 32.2 Å². The minimum absolute atomic E-state index is 0.0125. The number of carbonyl (C=O) groups excluding carboxylic acids is 1. The van der Waals surface area contributed by atoms with Gasteiger partial charge in [-0.1, -0.05) is 29.5 Å². The lowest BCUT2D eigenvalue weighted by Gasteiger charge is -2.01.